The summed E-state index contributed by atoms with van der Waals surface area (Å²) in [5, 5.41) is 12.1. The molecule has 1 aromatic rings. The highest BCUT2D eigenvalue weighted by Gasteiger charge is 2.06. The summed E-state index contributed by atoms with van der Waals surface area (Å²) in [7, 11) is 0. The number of hydrogen-bond donors (Lipinski definition) is 3. The predicted octanol–water partition coefficient (Wildman–Crippen LogP) is -1.49. The number of aromatic amines is 1. The van der Waals surface area contributed by atoms with Gasteiger partial charge in [0, 0.05) is 13.1 Å². The van der Waals surface area contributed by atoms with Crippen LogP contribution in [-0.2, 0) is 4.74 Å². The van der Waals surface area contributed by atoms with Gasteiger partial charge in [0.15, 0.2) is 5.69 Å². The molecule has 1 amide bonds. The van der Waals surface area contributed by atoms with E-state index in [-0.39, 0.29) is 11.6 Å². The monoisotopic (exact) mass is 199 g/mol. The molecule has 1 rings (SSSR count). The SMILES string of the molecule is NCCOCCNC(=O)c1cn[nH]n1. The highest BCUT2D eigenvalue weighted by molar-refractivity contribution is 5.91. The summed E-state index contributed by atoms with van der Waals surface area (Å²) in [6.45, 7) is 1.86. The van der Waals surface area contributed by atoms with Crippen molar-refractivity contribution >= 4 is 5.91 Å². The van der Waals surface area contributed by atoms with E-state index in [1.807, 2.05) is 0 Å². The number of amides is 1. The molecule has 1 aromatic heterocycles. The fraction of sp³-hybridized carbons (Fsp3) is 0.571. The molecule has 0 aliphatic rings. The Morgan fingerprint density at radius 3 is 3.14 bits per heavy atom. The Labute approximate surface area is 81.0 Å². The second kappa shape index (κ2) is 6.06. The van der Waals surface area contributed by atoms with Crippen LogP contribution in [0.2, 0.25) is 0 Å². The number of nitrogens with zero attached hydrogens (tertiary/aromatic N) is 2. The smallest absolute Gasteiger partial charge is 0.273 e. The number of H-pyrrole nitrogens is 1. The lowest BCUT2D eigenvalue weighted by Crippen LogP contribution is -2.28. The summed E-state index contributed by atoms with van der Waals surface area (Å²) < 4.78 is 5.07. The summed E-state index contributed by atoms with van der Waals surface area (Å²) in [5.41, 5.74) is 5.48. The average Bonchev–Trinajstić information content (AvgIpc) is 2.70. The Balaban J connectivity index is 2.10. The van der Waals surface area contributed by atoms with E-state index < -0.39 is 0 Å². The van der Waals surface area contributed by atoms with Crippen LogP contribution in [-0.4, -0.2) is 47.6 Å². The first-order valence-electron chi connectivity index (χ1n) is 4.26. The number of nitrogens with two attached hydrogens (primary N) is 1. The second-order valence-electron chi connectivity index (χ2n) is 2.51. The molecule has 0 atom stereocenters. The maximum absolute atomic E-state index is 11.2. The summed E-state index contributed by atoms with van der Waals surface area (Å²) in [6, 6.07) is 0. The minimum Gasteiger partial charge on any atom is -0.378 e. The second-order valence-corrected chi connectivity index (χ2v) is 2.51. The van der Waals surface area contributed by atoms with E-state index in [2.05, 4.69) is 20.7 Å². The summed E-state index contributed by atoms with van der Waals surface area (Å²) in [6.07, 6.45) is 1.36. The first-order chi connectivity index (χ1) is 6.84. The summed E-state index contributed by atoms with van der Waals surface area (Å²) in [5.74, 6) is -0.268. The van der Waals surface area contributed by atoms with Crippen LogP contribution in [0.1, 0.15) is 10.5 Å². The molecule has 0 bridgehead atoms. The molecule has 78 valence electrons. The van der Waals surface area contributed by atoms with Gasteiger partial charge >= 0.3 is 0 Å². The van der Waals surface area contributed by atoms with Crippen molar-refractivity contribution in [3.8, 4) is 0 Å². The zero-order valence-electron chi connectivity index (χ0n) is 7.69. The molecular formula is C7H13N5O2. The van der Waals surface area contributed by atoms with Crippen LogP contribution in [0.25, 0.3) is 0 Å². The third-order valence-electron chi connectivity index (χ3n) is 1.44. The van der Waals surface area contributed by atoms with Gasteiger partial charge in [-0.15, -0.1) is 0 Å². The Kier molecular flexibility index (Phi) is 4.59. The zero-order valence-corrected chi connectivity index (χ0v) is 7.69. The van der Waals surface area contributed by atoms with E-state index in [0.29, 0.717) is 26.3 Å². The minimum absolute atomic E-state index is 0.267. The van der Waals surface area contributed by atoms with Gasteiger partial charge in [-0.25, -0.2) is 0 Å². The molecule has 0 radical (unpaired) electrons. The number of hydrogen-bond acceptors (Lipinski definition) is 5. The molecule has 7 nitrogen and oxygen atoms in total. The van der Waals surface area contributed by atoms with Crippen molar-refractivity contribution in [3.63, 3.8) is 0 Å². The van der Waals surface area contributed by atoms with Gasteiger partial charge in [-0.1, -0.05) is 0 Å². The topological polar surface area (TPSA) is 106 Å². The van der Waals surface area contributed by atoms with Crippen LogP contribution in [0, 0.1) is 0 Å². The van der Waals surface area contributed by atoms with Crippen molar-refractivity contribution in [2.75, 3.05) is 26.3 Å². The number of aromatic nitrogens is 3. The lowest BCUT2D eigenvalue weighted by molar-refractivity contribution is 0.0915. The van der Waals surface area contributed by atoms with E-state index in [9.17, 15) is 4.79 Å². The molecule has 1 heterocycles. The van der Waals surface area contributed by atoms with Gasteiger partial charge in [-0.3, -0.25) is 4.79 Å². The Bertz CT molecular complexity index is 261. The number of nitrogens with one attached hydrogen (secondary N) is 2. The van der Waals surface area contributed by atoms with Gasteiger partial charge < -0.3 is 15.8 Å². The van der Waals surface area contributed by atoms with E-state index in [1.165, 1.54) is 6.20 Å². The first-order valence-corrected chi connectivity index (χ1v) is 4.26. The van der Waals surface area contributed by atoms with E-state index in [1.54, 1.807) is 0 Å². The van der Waals surface area contributed by atoms with Gasteiger partial charge in [0.05, 0.1) is 19.4 Å². The summed E-state index contributed by atoms with van der Waals surface area (Å²) in [4.78, 5) is 11.2. The van der Waals surface area contributed by atoms with Gasteiger partial charge in [-0.2, -0.15) is 15.4 Å². The van der Waals surface area contributed by atoms with Crippen molar-refractivity contribution in [1.29, 1.82) is 0 Å². The molecule has 0 aliphatic heterocycles. The molecule has 0 fully saturated rings. The van der Waals surface area contributed by atoms with Gasteiger partial charge in [-0.05, 0) is 0 Å². The van der Waals surface area contributed by atoms with E-state index in [4.69, 9.17) is 10.5 Å². The van der Waals surface area contributed by atoms with Crippen molar-refractivity contribution in [2.45, 2.75) is 0 Å². The van der Waals surface area contributed by atoms with Crippen LogP contribution in [0.15, 0.2) is 6.20 Å². The molecule has 0 saturated heterocycles. The van der Waals surface area contributed by atoms with E-state index >= 15 is 0 Å². The van der Waals surface area contributed by atoms with Crippen LogP contribution in [0.3, 0.4) is 0 Å². The largest absolute Gasteiger partial charge is 0.378 e. The van der Waals surface area contributed by atoms with E-state index in [0.717, 1.165) is 0 Å². The highest BCUT2D eigenvalue weighted by Crippen LogP contribution is 1.86. The maximum atomic E-state index is 11.2. The van der Waals surface area contributed by atoms with Crippen LogP contribution < -0.4 is 11.1 Å². The molecule has 0 spiro atoms. The lowest BCUT2D eigenvalue weighted by atomic mass is 10.4. The molecule has 7 heteroatoms. The Morgan fingerprint density at radius 1 is 1.64 bits per heavy atom. The van der Waals surface area contributed by atoms with Crippen molar-refractivity contribution < 1.29 is 9.53 Å². The highest BCUT2D eigenvalue weighted by atomic mass is 16.5. The van der Waals surface area contributed by atoms with Crippen LogP contribution in [0.5, 0.6) is 0 Å². The number of carbonyl (C=O) groups is 1. The fourth-order valence-electron chi connectivity index (χ4n) is 0.824. The minimum atomic E-state index is -0.268. The lowest BCUT2D eigenvalue weighted by Gasteiger charge is -2.03. The molecule has 0 saturated carbocycles. The van der Waals surface area contributed by atoms with Crippen LogP contribution in [0.4, 0.5) is 0 Å². The molecule has 0 aliphatic carbocycles. The molecule has 14 heavy (non-hydrogen) atoms. The fourth-order valence-corrected chi connectivity index (χ4v) is 0.824. The van der Waals surface area contributed by atoms with Crippen molar-refractivity contribution in [2.24, 2.45) is 5.73 Å². The molecule has 4 N–H and O–H groups in total. The van der Waals surface area contributed by atoms with Crippen molar-refractivity contribution in [1.82, 2.24) is 20.7 Å². The maximum Gasteiger partial charge on any atom is 0.273 e. The number of ether oxygens (including phenoxy) is 1. The first kappa shape index (κ1) is 10.6. The third-order valence-corrected chi connectivity index (χ3v) is 1.44. The van der Waals surface area contributed by atoms with Crippen LogP contribution >= 0.6 is 0 Å². The van der Waals surface area contributed by atoms with Gasteiger partial charge in [0.25, 0.3) is 5.91 Å². The van der Waals surface area contributed by atoms with Gasteiger partial charge in [0.2, 0.25) is 0 Å². The Hall–Kier alpha value is -1.47. The van der Waals surface area contributed by atoms with Gasteiger partial charge in [0.1, 0.15) is 0 Å². The standard InChI is InChI=1S/C7H13N5O2/c8-1-3-14-4-2-9-7(13)6-5-10-12-11-6/h5H,1-4,8H2,(H,9,13)(H,10,11,12). The normalized spacial score (nSPS) is 10.1. The average molecular weight is 199 g/mol. The van der Waals surface area contributed by atoms with Crippen molar-refractivity contribution in [3.05, 3.63) is 11.9 Å². The molecule has 0 unspecified atom stereocenters. The Morgan fingerprint density at radius 2 is 2.50 bits per heavy atom. The molecule has 0 aromatic carbocycles. The third kappa shape index (κ3) is 3.50. The number of rotatable bonds is 6. The molecular weight excluding hydrogens is 186 g/mol. The summed E-state index contributed by atoms with van der Waals surface area (Å²) >= 11 is 0. The number of carbonyl (C=O) groups excluding carboxylic acids is 1. The predicted molar refractivity (Wildman–Crippen MR) is 48.6 cm³/mol. The quantitative estimate of drug-likeness (QED) is 0.484. The zero-order chi connectivity index (χ0) is 10.2.